The summed E-state index contributed by atoms with van der Waals surface area (Å²) in [4.78, 5) is 4.13. The molecule has 0 saturated carbocycles. The minimum Gasteiger partial charge on any atom is -0.359 e. The molecule has 104 valence electrons. The van der Waals surface area contributed by atoms with Crippen molar-refractivity contribution in [2.24, 2.45) is 4.99 Å². The molecule has 0 unspecified atom stereocenters. The fraction of sp³-hybridized carbons (Fsp3) is 0.667. The number of unbranched alkanes of at least 4 members (excludes halogenated alkanes) is 1. The normalized spacial score (nSPS) is 10.9. The Hall–Kier alpha value is -0.790. The minimum atomic E-state index is 0. The topological polar surface area (TPSA) is 62.5 Å². The average molecular weight is 366 g/mol. The van der Waals surface area contributed by atoms with Gasteiger partial charge in [0.15, 0.2) is 11.7 Å². The molecule has 0 spiro atoms. The molecule has 1 aromatic rings. The summed E-state index contributed by atoms with van der Waals surface area (Å²) in [5, 5.41) is 10.4. The Morgan fingerprint density at radius 1 is 1.39 bits per heavy atom. The second kappa shape index (κ2) is 10.2. The summed E-state index contributed by atoms with van der Waals surface area (Å²) in [6.45, 7) is 5.77. The van der Waals surface area contributed by atoms with Gasteiger partial charge < -0.3 is 15.2 Å². The summed E-state index contributed by atoms with van der Waals surface area (Å²) in [6.07, 6.45) is 3.21. The first-order chi connectivity index (χ1) is 8.30. The Labute approximate surface area is 126 Å². The Kier molecular flexibility index (Phi) is 9.72. The van der Waals surface area contributed by atoms with Gasteiger partial charge in [-0.05, 0) is 12.8 Å². The highest BCUT2D eigenvalue weighted by molar-refractivity contribution is 14.0. The number of hydrogen-bond donors (Lipinski definition) is 2. The lowest BCUT2D eigenvalue weighted by atomic mass is 10.3. The highest BCUT2D eigenvalue weighted by Crippen LogP contribution is 2.03. The van der Waals surface area contributed by atoms with Crippen LogP contribution in [0.2, 0.25) is 0 Å². The van der Waals surface area contributed by atoms with Crippen LogP contribution in [0.5, 0.6) is 0 Å². The van der Waals surface area contributed by atoms with E-state index in [2.05, 4.69) is 34.6 Å². The molecule has 18 heavy (non-hydrogen) atoms. The van der Waals surface area contributed by atoms with Crippen LogP contribution in [0.15, 0.2) is 15.6 Å². The highest BCUT2D eigenvalue weighted by atomic mass is 127. The van der Waals surface area contributed by atoms with Crippen LogP contribution in [-0.2, 0) is 13.0 Å². The van der Waals surface area contributed by atoms with Gasteiger partial charge in [-0.1, -0.05) is 25.4 Å². The number of guanidine groups is 1. The lowest BCUT2D eigenvalue weighted by Crippen LogP contribution is -2.37. The Balaban J connectivity index is 0.00000289. The fourth-order valence-corrected chi connectivity index (χ4v) is 1.38. The highest BCUT2D eigenvalue weighted by Gasteiger charge is 2.03. The molecule has 0 aliphatic heterocycles. The van der Waals surface area contributed by atoms with Gasteiger partial charge >= 0.3 is 0 Å². The maximum absolute atomic E-state index is 5.18. The number of halogens is 1. The monoisotopic (exact) mass is 366 g/mol. The zero-order valence-electron chi connectivity index (χ0n) is 11.3. The summed E-state index contributed by atoms with van der Waals surface area (Å²) in [5.41, 5.74) is 0.982. The number of aromatic nitrogens is 1. The molecule has 0 aliphatic carbocycles. The van der Waals surface area contributed by atoms with Crippen LogP contribution in [-0.4, -0.2) is 24.7 Å². The molecule has 6 heteroatoms. The van der Waals surface area contributed by atoms with Gasteiger partial charge in [-0.3, -0.25) is 4.99 Å². The number of aliphatic imine (C=N–C) groups is 1. The molecule has 0 atom stereocenters. The van der Waals surface area contributed by atoms with Crippen molar-refractivity contribution in [3.05, 3.63) is 17.5 Å². The quantitative estimate of drug-likeness (QED) is 0.351. The molecule has 5 nitrogen and oxygen atoms in total. The van der Waals surface area contributed by atoms with E-state index in [9.17, 15) is 0 Å². The Morgan fingerprint density at radius 3 is 2.72 bits per heavy atom. The van der Waals surface area contributed by atoms with Gasteiger partial charge in [-0.15, -0.1) is 24.0 Å². The lowest BCUT2D eigenvalue weighted by molar-refractivity contribution is 0.374. The molecule has 0 radical (unpaired) electrons. The van der Waals surface area contributed by atoms with Crippen LogP contribution in [0.25, 0.3) is 0 Å². The molecular formula is C12H23IN4O. The molecule has 0 amide bonds. The minimum absolute atomic E-state index is 0. The Bertz CT molecular complexity index is 352. The van der Waals surface area contributed by atoms with E-state index in [4.69, 9.17) is 4.52 Å². The van der Waals surface area contributed by atoms with E-state index in [-0.39, 0.29) is 24.0 Å². The van der Waals surface area contributed by atoms with E-state index in [0.29, 0.717) is 6.54 Å². The molecular weight excluding hydrogens is 343 g/mol. The van der Waals surface area contributed by atoms with Crippen LogP contribution in [0, 0.1) is 0 Å². The first kappa shape index (κ1) is 17.2. The summed E-state index contributed by atoms with van der Waals surface area (Å²) in [7, 11) is 1.76. The van der Waals surface area contributed by atoms with Gasteiger partial charge in [0.25, 0.3) is 0 Å². The van der Waals surface area contributed by atoms with E-state index in [1.54, 1.807) is 7.05 Å². The standard InChI is InChI=1S/C12H22N4O.HI/c1-4-6-7-14-12(13-3)15-9-11-8-10(5-2)16-17-11;/h8H,4-7,9H2,1-3H3,(H2,13,14,15);1H. The van der Waals surface area contributed by atoms with Crippen molar-refractivity contribution in [3.8, 4) is 0 Å². The van der Waals surface area contributed by atoms with E-state index in [0.717, 1.165) is 36.8 Å². The number of nitrogens with zero attached hydrogens (tertiary/aromatic N) is 2. The molecule has 0 bridgehead atoms. The number of nitrogens with one attached hydrogen (secondary N) is 2. The zero-order chi connectivity index (χ0) is 12.5. The second-order valence-electron chi connectivity index (χ2n) is 3.84. The molecule has 0 aliphatic rings. The third-order valence-corrected chi connectivity index (χ3v) is 2.45. The summed E-state index contributed by atoms with van der Waals surface area (Å²) in [5.74, 6) is 1.63. The SMILES string of the molecule is CCCCNC(=NC)NCc1cc(CC)no1.I. The summed E-state index contributed by atoms with van der Waals surface area (Å²) < 4.78 is 5.18. The van der Waals surface area contributed by atoms with Gasteiger partial charge in [-0.2, -0.15) is 0 Å². The van der Waals surface area contributed by atoms with Crippen molar-refractivity contribution in [3.63, 3.8) is 0 Å². The van der Waals surface area contributed by atoms with Crippen molar-refractivity contribution >= 4 is 29.9 Å². The molecule has 1 heterocycles. The van der Waals surface area contributed by atoms with Crippen molar-refractivity contribution in [2.45, 2.75) is 39.7 Å². The Morgan fingerprint density at radius 2 is 2.17 bits per heavy atom. The molecule has 2 N–H and O–H groups in total. The summed E-state index contributed by atoms with van der Waals surface area (Å²) in [6, 6.07) is 1.96. The van der Waals surface area contributed by atoms with Crippen LogP contribution in [0.1, 0.15) is 38.1 Å². The fourth-order valence-electron chi connectivity index (χ4n) is 1.38. The first-order valence-electron chi connectivity index (χ1n) is 6.19. The van der Waals surface area contributed by atoms with E-state index >= 15 is 0 Å². The van der Waals surface area contributed by atoms with E-state index < -0.39 is 0 Å². The molecule has 1 rings (SSSR count). The molecule has 0 saturated heterocycles. The van der Waals surface area contributed by atoms with Gasteiger partial charge in [0.2, 0.25) is 0 Å². The van der Waals surface area contributed by atoms with E-state index in [1.807, 2.05) is 6.07 Å². The number of rotatable bonds is 6. The molecule has 0 fully saturated rings. The van der Waals surface area contributed by atoms with Crippen molar-refractivity contribution in [2.75, 3.05) is 13.6 Å². The average Bonchev–Trinajstić information content (AvgIpc) is 2.81. The predicted octanol–water partition coefficient (Wildman–Crippen LogP) is 2.32. The maximum Gasteiger partial charge on any atom is 0.191 e. The van der Waals surface area contributed by atoms with E-state index in [1.165, 1.54) is 6.42 Å². The smallest absolute Gasteiger partial charge is 0.191 e. The third-order valence-electron chi connectivity index (χ3n) is 2.45. The number of hydrogen-bond acceptors (Lipinski definition) is 3. The van der Waals surface area contributed by atoms with Crippen LogP contribution in [0.4, 0.5) is 0 Å². The van der Waals surface area contributed by atoms with Crippen molar-refractivity contribution < 1.29 is 4.52 Å². The van der Waals surface area contributed by atoms with Crippen molar-refractivity contribution in [1.82, 2.24) is 15.8 Å². The van der Waals surface area contributed by atoms with Gasteiger partial charge in [0.1, 0.15) is 0 Å². The van der Waals surface area contributed by atoms with Crippen LogP contribution < -0.4 is 10.6 Å². The largest absolute Gasteiger partial charge is 0.359 e. The van der Waals surface area contributed by atoms with Crippen molar-refractivity contribution in [1.29, 1.82) is 0 Å². The van der Waals surface area contributed by atoms with Crippen LogP contribution in [0.3, 0.4) is 0 Å². The third kappa shape index (κ3) is 6.23. The predicted molar refractivity (Wildman–Crippen MR) is 84.4 cm³/mol. The second-order valence-corrected chi connectivity index (χ2v) is 3.84. The zero-order valence-corrected chi connectivity index (χ0v) is 13.7. The first-order valence-corrected chi connectivity index (χ1v) is 6.19. The maximum atomic E-state index is 5.18. The van der Waals surface area contributed by atoms with Gasteiger partial charge in [0, 0.05) is 19.7 Å². The molecule has 1 aromatic heterocycles. The van der Waals surface area contributed by atoms with Gasteiger partial charge in [0.05, 0.1) is 12.2 Å². The number of aryl methyl sites for hydroxylation is 1. The summed E-state index contributed by atoms with van der Waals surface area (Å²) >= 11 is 0. The lowest BCUT2D eigenvalue weighted by Gasteiger charge is -2.09. The molecule has 0 aromatic carbocycles. The van der Waals surface area contributed by atoms with Gasteiger partial charge in [-0.25, -0.2) is 0 Å². The van der Waals surface area contributed by atoms with Crippen LogP contribution >= 0.6 is 24.0 Å².